The van der Waals surface area contributed by atoms with Gasteiger partial charge >= 0.3 is 0 Å². The number of nitrogens with one attached hydrogen (secondary N) is 2. The Balaban J connectivity index is 1.87. The van der Waals surface area contributed by atoms with E-state index in [2.05, 4.69) is 20.5 Å². The van der Waals surface area contributed by atoms with E-state index in [4.69, 9.17) is 11.6 Å². The van der Waals surface area contributed by atoms with Crippen molar-refractivity contribution in [1.82, 2.24) is 20.5 Å². The minimum absolute atomic E-state index is 0.0105. The van der Waals surface area contributed by atoms with Crippen LogP contribution in [-0.2, 0) is 11.2 Å². The van der Waals surface area contributed by atoms with Crippen molar-refractivity contribution in [3.63, 3.8) is 0 Å². The standard InChI is InChI=1S/C15H19ClN4OS/c1-3-12(10-5-7-11(16)8-6-10)17-14(21)9-22-15-18-13(4-2)19-20-15/h5-8,12H,3-4,9H2,1-2H3,(H,17,21)(H,18,19,20). The lowest BCUT2D eigenvalue weighted by Gasteiger charge is -2.17. The van der Waals surface area contributed by atoms with Crippen LogP contribution in [0.5, 0.6) is 0 Å². The summed E-state index contributed by atoms with van der Waals surface area (Å²) in [5.74, 6) is 1.09. The van der Waals surface area contributed by atoms with Crippen LogP contribution in [0.25, 0.3) is 0 Å². The van der Waals surface area contributed by atoms with Crippen molar-refractivity contribution in [2.45, 2.75) is 37.9 Å². The summed E-state index contributed by atoms with van der Waals surface area (Å²) in [5, 5.41) is 11.2. The zero-order valence-corrected chi connectivity index (χ0v) is 14.2. The monoisotopic (exact) mass is 338 g/mol. The van der Waals surface area contributed by atoms with E-state index < -0.39 is 0 Å². The van der Waals surface area contributed by atoms with Crippen LogP contribution in [0.1, 0.15) is 37.7 Å². The molecule has 7 heteroatoms. The van der Waals surface area contributed by atoms with Crippen LogP contribution in [0.15, 0.2) is 29.4 Å². The molecule has 0 spiro atoms. The van der Waals surface area contributed by atoms with Gasteiger partial charge in [0.15, 0.2) is 0 Å². The zero-order chi connectivity index (χ0) is 15.9. The van der Waals surface area contributed by atoms with Crippen LogP contribution >= 0.6 is 23.4 Å². The highest BCUT2D eigenvalue weighted by Crippen LogP contribution is 2.20. The van der Waals surface area contributed by atoms with Crippen molar-refractivity contribution in [1.29, 1.82) is 0 Å². The van der Waals surface area contributed by atoms with Crippen LogP contribution in [0.3, 0.4) is 0 Å². The van der Waals surface area contributed by atoms with Crippen LogP contribution < -0.4 is 5.32 Å². The first-order valence-corrected chi connectivity index (χ1v) is 8.57. The number of benzene rings is 1. The number of carbonyl (C=O) groups excluding carboxylic acids is 1. The Kier molecular flexibility index (Phi) is 6.27. The largest absolute Gasteiger partial charge is 0.349 e. The molecule has 0 saturated heterocycles. The van der Waals surface area contributed by atoms with Crippen molar-refractivity contribution in [3.8, 4) is 0 Å². The fourth-order valence-corrected chi connectivity index (χ4v) is 2.74. The highest BCUT2D eigenvalue weighted by Gasteiger charge is 2.14. The van der Waals surface area contributed by atoms with Gasteiger partial charge in [-0.15, -0.1) is 5.10 Å². The van der Waals surface area contributed by atoms with Crippen LogP contribution in [0.2, 0.25) is 5.02 Å². The average molecular weight is 339 g/mol. The molecule has 5 nitrogen and oxygen atoms in total. The third-order valence-corrected chi connectivity index (χ3v) is 4.29. The van der Waals surface area contributed by atoms with Gasteiger partial charge in [0.1, 0.15) is 5.82 Å². The van der Waals surface area contributed by atoms with Gasteiger partial charge in [-0.1, -0.05) is 49.3 Å². The number of aryl methyl sites for hydroxylation is 1. The maximum Gasteiger partial charge on any atom is 0.230 e. The Labute approximate surface area is 139 Å². The minimum atomic E-state index is -0.0327. The topological polar surface area (TPSA) is 70.7 Å². The molecule has 0 aliphatic rings. The number of rotatable bonds is 7. The Morgan fingerprint density at radius 2 is 2.09 bits per heavy atom. The second-order valence-electron chi connectivity index (χ2n) is 4.79. The summed E-state index contributed by atoms with van der Waals surface area (Å²) < 4.78 is 0. The van der Waals surface area contributed by atoms with E-state index in [9.17, 15) is 4.79 Å². The molecule has 1 unspecified atom stereocenters. The normalized spacial score (nSPS) is 12.1. The van der Waals surface area contributed by atoms with Crippen LogP contribution in [0.4, 0.5) is 0 Å². The number of aromatic amines is 1. The van der Waals surface area contributed by atoms with Gasteiger partial charge in [-0.3, -0.25) is 9.89 Å². The lowest BCUT2D eigenvalue weighted by atomic mass is 10.0. The van der Waals surface area contributed by atoms with E-state index in [-0.39, 0.29) is 11.9 Å². The lowest BCUT2D eigenvalue weighted by molar-refractivity contribution is -0.119. The van der Waals surface area contributed by atoms with Gasteiger partial charge < -0.3 is 5.32 Å². The molecule has 1 aromatic carbocycles. The van der Waals surface area contributed by atoms with Crippen LogP contribution in [-0.4, -0.2) is 26.8 Å². The Bertz CT molecular complexity index is 614. The fraction of sp³-hybridized carbons (Fsp3) is 0.400. The van der Waals surface area contributed by atoms with Gasteiger partial charge in [-0.05, 0) is 24.1 Å². The summed E-state index contributed by atoms with van der Waals surface area (Å²) in [7, 11) is 0. The van der Waals surface area contributed by atoms with E-state index in [1.807, 2.05) is 38.1 Å². The molecule has 118 valence electrons. The molecule has 0 bridgehead atoms. The van der Waals surface area contributed by atoms with E-state index in [0.29, 0.717) is 15.9 Å². The van der Waals surface area contributed by atoms with E-state index in [1.54, 1.807) is 0 Å². The number of amides is 1. The second kappa shape index (κ2) is 8.19. The predicted octanol–water partition coefficient (Wildman–Crippen LogP) is 3.38. The van der Waals surface area contributed by atoms with E-state index in [0.717, 1.165) is 24.2 Å². The molecule has 2 aromatic rings. The smallest absolute Gasteiger partial charge is 0.230 e. The number of hydrogen-bond acceptors (Lipinski definition) is 4. The van der Waals surface area contributed by atoms with Gasteiger partial charge in [0.05, 0.1) is 11.8 Å². The third-order valence-electron chi connectivity index (χ3n) is 3.19. The summed E-state index contributed by atoms with van der Waals surface area (Å²) in [6.45, 7) is 4.04. The Morgan fingerprint density at radius 3 is 2.68 bits per heavy atom. The zero-order valence-electron chi connectivity index (χ0n) is 12.6. The number of aromatic nitrogens is 3. The second-order valence-corrected chi connectivity index (χ2v) is 6.17. The summed E-state index contributed by atoms with van der Waals surface area (Å²) in [5.41, 5.74) is 1.05. The quantitative estimate of drug-likeness (QED) is 0.759. The molecular formula is C15H19ClN4OS. The van der Waals surface area contributed by atoms with Crippen molar-refractivity contribution in [2.24, 2.45) is 0 Å². The number of nitrogens with zero attached hydrogens (tertiary/aromatic N) is 2. The number of H-pyrrole nitrogens is 1. The van der Waals surface area contributed by atoms with Gasteiger partial charge in [0.25, 0.3) is 0 Å². The minimum Gasteiger partial charge on any atom is -0.349 e. The summed E-state index contributed by atoms with van der Waals surface area (Å²) in [4.78, 5) is 16.3. The van der Waals surface area contributed by atoms with Gasteiger partial charge in [-0.2, -0.15) is 0 Å². The Hall–Kier alpha value is -1.53. The molecule has 22 heavy (non-hydrogen) atoms. The molecule has 0 fully saturated rings. The SMILES string of the molecule is CCc1nc(SCC(=O)NC(CC)c2ccc(Cl)cc2)n[nH]1. The third kappa shape index (κ3) is 4.74. The Morgan fingerprint density at radius 1 is 1.36 bits per heavy atom. The molecule has 1 heterocycles. The molecular weight excluding hydrogens is 320 g/mol. The molecule has 2 N–H and O–H groups in total. The molecule has 0 aliphatic heterocycles. The number of thioether (sulfide) groups is 1. The van der Waals surface area contributed by atoms with Crippen molar-refractivity contribution in [3.05, 3.63) is 40.7 Å². The first-order chi connectivity index (χ1) is 10.6. The number of halogens is 1. The average Bonchev–Trinajstić information content (AvgIpc) is 2.99. The number of carbonyl (C=O) groups is 1. The maximum absolute atomic E-state index is 12.1. The fourth-order valence-electron chi connectivity index (χ4n) is 1.98. The van der Waals surface area contributed by atoms with Crippen molar-refractivity contribution in [2.75, 3.05) is 5.75 Å². The van der Waals surface area contributed by atoms with Crippen molar-refractivity contribution >= 4 is 29.3 Å². The molecule has 0 radical (unpaired) electrons. The molecule has 0 saturated carbocycles. The summed E-state index contributed by atoms with van der Waals surface area (Å²) in [6, 6.07) is 7.53. The van der Waals surface area contributed by atoms with Gasteiger partial charge in [0, 0.05) is 11.4 Å². The first kappa shape index (κ1) is 16.8. The molecule has 1 amide bonds. The molecule has 0 aliphatic carbocycles. The molecule has 1 atom stereocenters. The highest BCUT2D eigenvalue weighted by molar-refractivity contribution is 7.99. The van der Waals surface area contributed by atoms with Gasteiger partial charge in [-0.25, -0.2) is 4.98 Å². The lowest BCUT2D eigenvalue weighted by Crippen LogP contribution is -2.29. The molecule has 1 aromatic heterocycles. The predicted molar refractivity (Wildman–Crippen MR) is 89.1 cm³/mol. The van der Waals surface area contributed by atoms with Crippen LogP contribution in [0, 0.1) is 0 Å². The summed E-state index contributed by atoms with van der Waals surface area (Å²) >= 11 is 7.22. The van der Waals surface area contributed by atoms with Gasteiger partial charge in [0.2, 0.25) is 11.1 Å². The van der Waals surface area contributed by atoms with Crippen molar-refractivity contribution < 1.29 is 4.79 Å². The highest BCUT2D eigenvalue weighted by atomic mass is 35.5. The van der Waals surface area contributed by atoms with E-state index in [1.165, 1.54) is 11.8 Å². The maximum atomic E-state index is 12.1. The molecule has 2 rings (SSSR count). The first-order valence-electron chi connectivity index (χ1n) is 7.21. The number of hydrogen-bond donors (Lipinski definition) is 2. The summed E-state index contributed by atoms with van der Waals surface area (Å²) in [6.07, 6.45) is 1.62. The van der Waals surface area contributed by atoms with E-state index >= 15 is 0 Å².